The molecule has 0 amide bonds. The Balaban J connectivity index is 2.08. The molecular formula is C14H24N4O. The largest absolute Gasteiger partial charge is 0.370 e. The van der Waals surface area contributed by atoms with Gasteiger partial charge in [-0.25, -0.2) is 4.68 Å². The van der Waals surface area contributed by atoms with Gasteiger partial charge in [0.1, 0.15) is 0 Å². The number of nitrogens with one attached hydrogen (secondary N) is 1. The van der Waals surface area contributed by atoms with E-state index >= 15 is 0 Å². The fraction of sp³-hybridized carbons (Fsp3) is 0.714. The van der Waals surface area contributed by atoms with Crippen molar-refractivity contribution in [2.24, 2.45) is 0 Å². The van der Waals surface area contributed by atoms with Gasteiger partial charge >= 0.3 is 0 Å². The van der Waals surface area contributed by atoms with E-state index in [2.05, 4.69) is 22.2 Å². The van der Waals surface area contributed by atoms with Gasteiger partial charge in [0, 0.05) is 25.2 Å². The second-order valence-electron chi connectivity index (χ2n) is 5.20. The summed E-state index contributed by atoms with van der Waals surface area (Å²) < 4.78 is 1.57. The highest BCUT2D eigenvalue weighted by Gasteiger charge is 2.14. The van der Waals surface area contributed by atoms with Crippen LogP contribution < -0.4 is 15.8 Å². The maximum atomic E-state index is 12.1. The van der Waals surface area contributed by atoms with Crippen LogP contribution in [0.5, 0.6) is 0 Å². The maximum absolute atomic E-state index is 12.1. The van der Waals surface area contributed by atoms with Crippen LogP contribution in [0.1, 0.15) is 32.6 Å². The molecule has 106 valence electrons. The summed E-state index contributed by atoms with van der Waals surface area (Å²) in [4.78, 5) is 14.3. The van der Waals surface area contributed by atoms with E-state index in [1.54, 1.807) is 10.7 Å². The molecule has 0 aliphatic carbocycles. The van der Waals surface area contributed by atoms with Crippen molar-refractivity contribution in [3.05, 3.63) is 22.6 Å². The van der Waals surface area contributed by atoms with E-state index in [0.717, 1.165) is 31.6 Å². The van der Waals surface area contributed by atoms with Crippen molar-refractivity contribution < 1.29 is 0 Å². The van der Waals surface area contributed by atoms with E-state index < -0.39 is 0 Å². The normalized spacial score (nSPS) is 16.8. The lowest BCUT2D eigenvalue weighted by molar-refractivity contribution is 0.415. The summed E-state index contributed by atoms with van der Waals surface area (Å²) in [5, 5.41) is 7.55. The third-order valence-corrected chi connectivity index (χ3v) is 3.77. The first-order chi connectivity index (χ1) is 9.24. The number of nitrogens with zero attached hydrogens (tertiary/aromatic N) is 3. The minimum absolute atomic E-state index is 0.000697. The molecule has 19 heavy (non-hydrogen) atoms. The molecule has 0 saturated carbocycles. The molecule has 5 heteroatoms. The minimum atomic E-state index is 0.000697. The van der Waals surface area contributed by atoms with Crippen LogP contribution in [-0.2, 0) is 6.54 Å². The van der Waals surface area contributed by atoms with Crippen LogP contribution in [0.4, 0.5) is 5.69 Å². The zero-order valence-corrected chi connectivity index (χ0v) is 11.9. The fourth-order valence-electron chi connectivity index (χ4n) is 2.59. The molecule has 1 aliphatic rings. The first-order valence-corrected chi connectivity index (χ1v) is 7.24. The minimum Gasteiger partial charge on any atom is -0.370 e. The van der Waals surface area contributed by atoms with Crippen LogP contribution in [0.2, 0.25) is 0 Å². The van der Waals surface area contributed by atoms with Crippen molar-refractivity contribution in [3.63, 3.8) is 0 Å². The van der Waals surface area contributed by atoms with Gasteiger partial charge in [-0.05, 0) is 26.3 Å². The van der Waals surface area contributed by atoms with Crippen LogP contribution in [0.15, 0.2) is 17.1 Å². The molecule has 0 aromatic carbocycles. The van der Waals surface area contributed by atoms with Crippen molar-refractivity contribution in [1.29, 1.82) is 0 Å². The highest BCUT2D eigenvalue weighted by atomic mass is 16.1. The van der Waals surface area contributed by atoms with Crippen LogP contribution in [-0.4, -0.2) is 36.0 Å². The van der Waals surface area contributed by atoms with Gasteiger partial charge in [-0.2, -0.15) is 5.10 Å². The summed E-state index contributed by atoms with van der Waals surface area (Å²) in [5.74, 6) is 0. The molecule has 1 atom stereocenters. The van der Waals surface area contributed by atoms with E-state index in [-0.39, 0.29) is 5.56 Å². The molecule has 1 N–H and O–H groups in total. The molecule has 0 spiro atoms. The van der Waals surface area contributed by atoms with E-state index in [4.69, 9.17) is 0 Å². The van der Waals surface area contributed by atoms with Crippen LogP contribution in [0.25, 0.3) is 0 Å². The van der Waals surface area contributed by atoms with Gasteiger partial charge in [0.2, 0.25) is 0 Å². The van der Waals surface area contributed by atoms with Gasteiger partial charge in [0.25, 0.3) is 5.56 Å². The molecule has 2 rings (SSSR count). The maximum Gasteiger partial charge on any atom is 0.268 e. The number of hydrogen-bond donors (Lipinski definition) is 1. The Kier molecular flexibility index (Phi) is 4.96. The van der Waals surface area contributed by atoms with Gasteiger partial charge < -0.3 is 10.2 Å². The average molecular weight is 264 g/mol. The lowest BCUT2D eigenvalue weighted by atomic mass is 10.2. The number of rotatable bonds is 6. The SMILES string of the molecule is CCCC(Cn1ncc(N2CCCC2)cc1=O)NC. The smallest absolute Gasteiger partial charge is 0.268 e. The van der Waals surface area contributed by atoms with Crippen molar-refractivity contribution in [1.82, 2.24) is 15.1 Å². The quantitative estimate of drug-likeness (QED) is 0.839. The summed E-state index contributed by atoms with van der Waals surface area (Å²) in [6.45, 7) is 4.88. The molecule has 0 radical (unpaired) electrons. The molecular weight excluding hydrogens is 240 g/mol. The van der Waals surface area contributed by atoms with Gasteiger partial charge in [-0.15, -0.1) is 0 Å². The molecule has 1 saturated heterocycles. The standard InChI is InChI=1S/C14H24N4O/c1-3-6-12(15-2)11-18-14(19)9-13(10-16-18)17-7-4-5-8-17/h9-10,12,15H,3-8,11H2,1-2H3. The van der Waals surface area contributed by atoms with E-state index in [9.17, 15) is 4.79 Å². The number of hydrogen-bond acceptors (Lipinski definition) is 4. The Morgan fingerprint density at radius 3 is 2.74 bits per heavy atom. The number of aromatic nitrogens is 2. The Morgan fingerprint density at radius 1 is 1.42 bits per heavy atom. The summed E-state index contributed by atoms with van der Waals surface area (Å²) in [6.07, 6.45) is 6.40. The predicted molar refractivity (Wildman–Crippen MR) is 77.7 cm³/mol. The zero-order chi connectivity index (χ0) is 13.7. The van der Waals surface area contributed by atoms with Crippen molar-refractivity contribution in [2.75, 3.05) is 25.0 Å². The van der Waals surface area contributed by atoms with E-state index in [1.165, 1.54) is 12.8 Å². The van der Waals surface area contributed by atoms with E-state index in [0.29, 0.717) is 12.6 Å². The Morgan fingerprint density at radius 2 is 2.16 bits per heavy atom. The number of likely N-dealkylation sites (N-methyl/N-ethyl adjacent to an activating group) is 1. The third-order valence-electron chi connectivity index (χ3n) is 3.77. The van der Waals surface area contributed by atoms with Gasteiger partial charge in [-0.3, -0.25) is 4.79 Å². The second-order valence-corrected chi connectivity index (χ2v) is 5.20. The molecule has 1 aromatic heterocycles. The molecule has 2 heterocycles. The van der Waals surface area contributed by atoms with Crippen LogP contribution in [0.3, 0.4) is 0 Å². The highest BCUT2D eigenvalue weighted by Crippen LogP contribution is 2.16. The van der Waals surface area contributed by atoms with Gasteiger partial charge in [0.15, 0.2) is 0 Å². The van der Waals surface area contributed by atoms with Gasteiger partial charge in [0.05, 0.1) is 18.4 Å². The predicted octanol–water partition coefficient (Wildman–Crippen LogP) is 1.23. The zero-order valence-electron chi connectivity index (χ0n) is 11.9. The van der Waals surface area contributed by atoms with Crippen LogP contribution in [0, 0.1) is 0 Å². The molecule has 0 bridgehead atoms. The summed E-state index contributed by atoms with van der Waals surface area (Å²) in [7, 11) is 1.93. The number of anilines is 1. The summed E-state index contributed by atoms with van der Waals surface area (Å²) in [6, 6.07) is 2.03. The first kappa shape index (κ1) is 14.1. The highest BCUT2D eigenvalue weighted by molar-refractivity contribution is 5.43. The Labute approximate surface area is 114 Å². The molecule has 1 aliphatic heterocycles. The molecule has 5 nitrogen and oxygen atoms in total. The van der Waals surface area contributed by atoms with E-state index in [1.807, 2.05) is 13.2 Å². The average Bonchev–Trinajstić information content (AvgIpc) is 2.94. The van der Waals surface area contributed by atoms with Crippen molar-refractivity contribution in [3.8, 4) is 0 Å². The molecule has 1 unspecified atom stereocenters. The van der Waals surface area contributed by atoms with Gasteiger partial charge in [-0.1, -0.05) is 13.3 Å². The summed E-state index contributed by atoms with van der Waals surface area (Å²) in [5.41, 5.74) is 0.969. The van der Waals surface area contributed by atoms with Crippen molar-refractivity contribution in [2.45, 2.75) is 45.2 Å². The van der Waals surface area contributed by atoms with Crippen LogP contribution >= 0.6 is 0 Å². The second kappa shape index (κ2) is 6.70. The topological polar surface area (TPSA) is 50.2 Å². The third kappa shape index (κ3) is 3.56. The lowest BCUT2D eigenvalue weighted by Gasteiger charge is -2.19. The lowest BCUT2D eigenvalue weighted by Crippen LogP contribution is -2.36. The molecule has 1 aromatic rings. The first-order valence-electron chi connectivity index (χ1n) is 7.24. The fourth-order valence-corrected chi connectivity index (χ4v) is 2.59. The van der Waals surface area contributed by atoms with Crippen molar-refractivity contribution >= 4 is 5.69 Å². The summed E-state index contributed by atoms with van der Waals surface area (Å²) >= 11 is 0. The Hall–Kier alpha value is -1.36. The monoisotopic (exact) mass is 264 g/mol. The Bertz CT molecular complexity index is 451. The molecule has 1 fully saturated rings.